The van der Waals surface area contributed by atoms with Gasteiger partial charge in [-0.1, -0.05) is 0 Å². The van der Waals surface area contributed by atoms with Gasteiger partial charge in [-0.3, -0.25) is 4.79 Å². The number of aliphatic hydroxyl groups is 1. The van der Waals surface area contributed by atoms with Crippen LogP contribution in [-0.2, 0) is 0 Å². The van der Waals surface area contributed by atoms with Crippen LogP contribution in [0.4, 0.5) is 13.2 Å². The summed E-state index contributed by atoms with van der Waals surface area (Å²) in [5.41, 5.74) is -0.975. The number of hydrogen-bond acceptors (Lipinski definition) is 3. The highest BCUT2D eigenvalue weighted by molar-refractivity contribution is 5.92. The highest BCUT2D eigenvalue weighted by Gasteiger charge is 2.33. The van der Waals surface area contributed by atoms with Gasteiger partial charge in [0.2, 0.25) is 0 Å². The Balaban J connectivity index is 2.84. The van der Waals surface area contributed by atoms with Crippen LogP contribution >= 0.6 is 0 Å². The Morgan fingerprint density at radius 3 is 2.53 bits per heavy atom. The third kappa shape index (κ3) is 3.94. The van der Waals surface area contributed by atoms with E-state index in [0.717, 1.165) is 6.20 Å². The summed E-state index contributed by atoms with van der Waals surface area (Å²) in [6, 6.07) is 0. The molecule has 0 fully saturated rings. The first-order chi connectivity index (χ1) is 7.83. The van der Waals surface area contributed by atoms with Crippen molar-refractivity contribution in [1.82, 2.24) is 14.9 Å². The Hall–Kier alpha value is -1.77. The lowest BCUT2D eigenvalue weighted by Crippen LogP contribution is -2.40. The molecule has 3 N–H and O–H groups in total. The number of aromatic nitrogens is 2. The van der Waals surface area contributed by atoms with Crippen LogP contribution < -0.4 is 5.69 Å². The third-order valence-corrected chi connectivity index (χ3v) is 1.85. The van der Waals surface area contributed by atoms with Gasteiger partial charge in [0.25, 0.3) is 5.91 Å². The molecule has 1 aromatic rings. The van der Waals surface area contributed by atoms with Crippen molar-refractivity contribution in [2.75, 3.05) is 19.7 Å². The number of rotatable bonds is 4. The molecule has 6 nitrogen and oxygen atoms in total. The highest BCUT2D eigenvalue weighted by Crippen LogP contribution is 2.17. The van der Waals surface area contributed by atoms with Crippen molar-refractivity contribution in [3.63, 3.8) is 0 Å². The first-order valence-corrected chi connectivity index (χ1v) is 4.58. The van der Waals surface area contributed by atoms with Crippen molar-refractivity contribution in [2.45, 2.75) is 6.18 Å². The SMILES string of the molecule is O=C(c1c[nH]c(=O)[nH]1)N(CCO)CC(F)(F)F. The number of carbonyl (C=O) groups is 1. The molecule has 1 rings (SSSR count). The fourth-order valence-corrected chi connectivity index (χ4v) is 1.21. The van der Waals surface area contributed by atoms with Crippen LogP contribution in [0.2, 0.25) is 0 Å². The van der Waals surface area contributed by atoms with Crippen LogP contribution in [0, 0.1) is 0 Å². The first-order valence-electron chi connectivity index (χ1n) is 4.58. The molecule has 0 spiro atoms. The Morgan fingerprint density at radius 2 is 2.12 bits per heavy atom. The number of nitrogens with one attached hydrogen (secondary N) is 2. The lowest BCUT2D eigenvalue weighted by Gasteiger charge is -2.22. The number of halogens is 3. The second-order valence-corrected chi connectivity index (χ2v) is 3.22. The second-order valence-electron chi connectivity index (χ2n) is 3.22. The predicted octanol–water partition coefficient (Wildman–Crippen LogP) is -0.300. The fraction of sp³-hybridized carbons (Fsp3) is 0.500. The highest BCUT2D eigenvalue weighted by atomic mass is 19.4. The topological polar surface area (TPSA) is 89.2 Å². The van der Waals surface area contributed by atoms with E-state index >= 15 is 0 Å². The molecule has 0 saturated carbocycles. The molecular formula is C8H10F3N3O3. The molecule has 0 aliphatic carbocycles. The van der Waals surface area contributed by atoms with Crippen LogP contribution in [0.15, 0.2) is 11.0 Å². The number of aromatic amines is 2. The van der Waals surface area contributed by atoms with Crippen molar-refractivity contribution in [2.24, 2.45) is 0 Å². The van der Waals surface area contributed by atoms with Crippen LogP contribution in [0.1, 0.15) is 10.5 Å². The molecule has 9 heteroatoms. The number of amides is 1. The second kappa shape index (κ2) is 5.04. The van der Waals surface area contributed by atoms with E-state index in [-0.39, 0.29) is 5.69 Å². The van der Waals surface area contributed by atoms with Gasteiger partial charge < -0.3 is 20.0 Å². The van der Waals surface area contributed by atoms with E-state index in [1.54, 1.807) is 0 Å². The molecule has 1 amide bonds. The maximum atomic E-state index is 12.2. The van der Waals surface area contributed by atoms with Crippen LogP contribution in [0.3, 0.4) is 0 Å². The Morgan fingerprint density at radius 1 is 1.47 bits per heavy atom. The van der Waals surface area contributed by atoms with Crippen molar-refractivity contribution in [1.29, 1.82) is 0 Å². The summed E-state index contributed by atoms with van der Waals surface area (Å²) < 4.78 is 36.5. The van der Waals surface area contributed by atoms with Crippen LogP contribution in [-0.4, -0.2) is 51.8 Å². The minimum atomic E-state index is -4.57. The van der Waals surface area contributed by atoms with E-state index in [9.17, 15) is 22.8 Å². The summed E-state index contributed by atoms with van der Waals surface area (Å²) in [6.45, 7) is -2.55. The summed E-state index contributed by atoms with van der Waals surface area (Å²) >= 11 is 0. The molecular weight excluding hydrogens is 243 g/mol. The Bertz CT molecular complexity index is 437. The predicted molar refractivity (Wildman–Crippen MR) is 50.5 cm³/mol. The van der Waals surface area contributed by atoms with Crippen molar-refractivity contribution in [3.05, 3.63) is 22.4 Å². The summed E-state index contributed by atoms with van der Waals surface area (Å²) in [6.07, 6.45) is -3.59. The molecule has 0 unspecified atom stereocenters. The number of nitrogens with zero attached hydrogens (tertiary/aromatic N) is 1. The van der Waals surface area contributed by atoms with Crippen molar-refractivity contribution < 1.29 is 23.1 Å². The van der Waals surface area contributed by atoms with Gasteiger partial charge in [0.05, 0.1) is 6.61 Å². The summed E-state index contributed by atoms with van der Waals surface area (Å²) in [4.78, 5) is 26.8. The molecule has 0 aromatic carbocycles. The van der Waals surface area contributed by atoms with E-state index in [2.05, 4.69) is 4.98 Å². The van der Waals surface area contributed by atoms with E-state index < -0.39 is 37.5 Å². The molecule has 0 radical (unpaired) electrons. The van der Waals surface area contributed by atoms with Gasteiger partial charge in [0, 0.05) is 12.7 Å². The summed E-state index contributed by atoms with van der Waals surface area (Å²) in [5, 5.41) is 8.59. The fourth-order valence-electron chi connectivity index (χ4n) is 1.21. The lowest BCUT2D eigenvalue weighted by atomic mass is 10.3. The normalized spacial score (nSPS) is 11.5. The Labute approximate surface area is 93.1 Å². The minimum absolute atomic E-state index is 0.285. The van der Waals surface area contributed by atoms with Gasteiger partial charge in [-0.05, 0) is 0 Å². The zero-order valence-electron chi connectivity index (χ0n) is 8.54. The largest absolute Gasteiger partial charge is 0.406 e. The van der Waals surface area contributed by atoms with Gasteiger partial charge in [0.15, 0.2) is 0 Å². The smallest absolute Gasteiger partial charge is 0.395 e. The van der Waals surface area contributed by atoms with E-state index in [4.69, 9.17) is 5.11 Å². The lowest BCUT2D eigenvalue weighted by molar-refractivity contribution is -0.141. The van der Waals surface area contributed by atoms with Gasteiger partial charge in [-0.15, -0.1) is 0 Å². The molecule has 0 aliphatic heterocycles. The van der Waals surface area contributed by atoms with Crippen LogP contribution in [0.5, 0.6) is 0 Å². The average Bonchev–Trinajstić information content (AvgIpc) is 2.61. The number of carbonyl (C=O) groups excluding carboxylic acids is 1. The van der Waals surface area contributed by atoms with Crippen LogP contribution in [0.25, 0.3) is 0 Å². The Kier molecular flexibility index (Phi) is 3.94. The maximum absolute atomic E-state index is 12.2. The maximum Gasteiger partial charge on any atom is 0.406 e. The monoisotopic (exact) mass is 253 g/mol. The third-order valence-electron chi connectivity index (χ3n) is 1.85. The van der Waals surface area contributed by atoms with Gasteiger partial charge in [-0.25, -0.2) is 4.79 Å². The number of alkyl halides is 3. The van der Waals surface area contributed by atoms with E-state index in [1.807, 2.05) is 4.98 Å². The summed E-state index contributed by atoms with van der Waals surface area (Å²) in [7, 11) is 0. The molecule has 96 valence electrons. The molecule has 0 atom stereocenters. The molecule has 1 aromatic heterocycles. The molecule has 0 bridgehead atoms. The van der Waals surface area contributed by atoms with Crippen molar-refractivity contribution >= 4 is 5.91 Å². The molecule has 0 aliphatic rings. The zero-order valence-corrected chi connectivity index (χ0v) is 8.54. The number of H-pyrrole nitrogens is 2. The number of imidazole rings is 1. The summed E-state index contributed by atoms with van der Waals surface area (Å²) in [5.74, 6) is -1.00. The standard InChI is InChI=1S/C8H10F3N3O3/c9-8(10,11)4-14(1-2-15)6(16)5-3-12-7(17)13-5/h3,15H,1-2,4H2,(H2,12,13,17). The average molecular weight is 253 g/mol. The molecule has 1 heterocycles. The van der Waals surface area contributed by atoms with Crippen molar-refractivity contribution in [3.8, 4) is 0 Å². The number of hydrogen-bond donors (Lipinski definition) is 3. The van der Waals surface area contributed by atoms with E-state index in [0.29, 0.717) is 4.90 Å². The molecule has 0 saturated heterocycles. The van der Waals surface area contributed by atoms with E-state index in [1.165, 1.54) is 0 Å². The first kappa shape index (κ1) is 13.3. The zero-order chi connectivity index (χ0) is 13.1. The quantitative estimate of drug-likeness (QED) is 0.688. The minimum Gasteiger partial charge on any atom is -0.395 e. The van der Waals surface area contributed by atoms with Gasteiger partial charge in [0.1, 0.15) is 12.2 Å². The van der Waals surface area contributed by atoms with Gasteiger partial charge in [-0.2, -0.15) is 13.2 Å². The molecule has 17 heavy (non-hydrogen) atoms. The number of aliphatic hydroxyl groups excluding tert-OH is 1. The van der Waals surface area contributed by atoms with Gasteiger partial charge >= 0.3 is 11.9 Å².